The van der Waals surface area contributed by atoms with Crippen molar-refractivity contribution >= 4 is 28.7 Å². The van der Waals surface area contributed by atoms with Crippen molar-refractivity contribution in [3.63, 3.8) is 0 Å². The molecule has 8 nitrogen and oxygen atoms in total. The standard InChI is InChI=1S/C24H28N4O4/c1-4-7-12-28-15-19(23(30)32-6-3)22(29)18-13-16(8-10-20(18)28)17-9-11-21(26-14-17)27-24(31)25-5-2/h8-11,13-15H,4-7,12H2,1-3H3,(H2,25,26,27,31). The van der Waals surface area contributed by atoms with Crippen LogP contribution in [-0.2, 0) is 11.3 Å². The highest BCUT2D eigenvalue weighted by molar-refractivity contribution is 5.95. The lowest BCUT2D eigenvalue weighted by atomic mass is 10.0. The largest absolute Gasteiger partial charge is 0.462 e. The number of fused-ring (bicyclic) bond motifs is 1. The molecule has 0 atom stereocenters. The molecule has 2 heterocycles. The van der Waals surface area contributed by atoms with Gasteiger partial charge in [0.1, 0.15) is 11.4 Å². The van der Waals surface area contributed by atoms with Crippen LogP contribution in [0.5, 0.6) is 0 Å². The van der Waals surface area contributed by atoms with E-state index in [1.54, 1.807) is 31.5 Å². The second-order valence-corrected chi connectivity index (χ2v) is 7.29. The number of carbonyl (C=O) groups is 2. The number of esters is 1. The minimum Gasteiger partial charge on any atom is -0.462 e. The van der Waals surface area contributed by atoms with Gasteiger partial charge in [0.05, 0.1) is 12.1 Å². The molecular formula is C24H28N4O4. The zero-order chi connectivity index (χ0) is 23.1. The third kappa shape index (κ3) is 5.14. The number of hydrogen-bond donors (Lipinski definition) is 2. The minimum absolute atomic E-state index is 0.0345. The van der Waals surface area contributed by atoms with Gasteiger partial charge in [-0.05, 0) is 50.1 Å². The van der Waals surface area contributed by atoms with Crippen LogP contribution in [0.3, 0.4) is 0 Å². The molecule has 0 spiro atoms. The van der Waals surface area contributed by atoms with Crippen molar-refractivity contribution in [2.75, 3.05) is 18.5 Å². The van der Waals surface area contributed by atoms with E-state index in [9.17, 15) is 14.4 Å². The second-order valence-electron chi connectivity index (χ2n) is 7.29. The van der Waals surface area contributed by atoms with Gasteiger partial charge in [0.15, 0.2) is 0 Å². The average Bonchev–Trinajstić information content (AvgIpc) is 2.79. The Morgan fingerprint density at radius 2 is 1.88 bits per heavy atom. The molecule has 0 saturated carbocycles. The van der Waals surface area contributed by atoms with E-state index in [0.717, 1.165) is 29.5 Å². The number of rotatable bonds is 8. The van der Waals surface area contributed by atoms with Crippen LogP contribution in [0.25, 0.3) is 22.0 Å². The number of unbranched alkanes of at least 4 members (excludes halogenated alkanes) is 1. The highest BCUT2D eigenvalue weighted by Gasteiger charge is 2.17. The van der Waals surface area contributed by atoms with E-state index in [0.29, 0.717) is 24.3 Å². The number of urea groups is 1. The smallest absolute Gasteiger partial charge is 0.343 e. The Bertz CT molecular complexity index is 1170. The number of aryl methyl sites for hydroxylation is 1. The Hall–Kier alpha value is -3.68. The first-order valence-corrected chi connectivity index (χ1v) is 10.8. The third-order valence-corrected chi connectivity index (χ3v) is 5.00. The lowest BCUT2D eigenvalue weighted by Crippen LogP contribution is -2.28. The highest BCUT2D eigenvalue weighted by Crippen LogP contribution is 2.24. The molecule has 0 aliphatic rings. The number of nitrogens with zero attached hydrogens (tertiary/aromatic N) is 2. The van der Waals surface area contributed by atoms with Gasteiger partial charge < -0.3 is 14.6 Å². The lowest BCUT2D eigenvalue weighted by Gasteiger charge is -2.14. The van der Waals surface area contributed by atoms with Crippen LogP contribution in [0, 0.1) is 0 Å². The molecule has 0 fully saturated rings. The normalized spacial score (nSPS) is 10.7. The quantitative estimate of drug-likeness (QED) is 0.516. The number of anilines is 1. The molecule has 0 aliphatic heterocycles. The fourth-order valence-electron chi connectivity index (χ4n) is 3.40. The van der Waals surface area contributed by atoms with Gasteiger partial charge in [-0.15, -0.1) is 0 Å². The van der Waals surface area contributed by atoms with Crippen LogP contribution in [-0.4, -0.2) is 34.7 Å². The predicted octanol–water partition coefficient (Wildman–Crippen LogP) is 4.18. The molecule has 0 aliphatic carbocycles. The first-order valence-electron chi connectivity index (χ1n) is 10.8. The first-order chi connectivity index (χ1) is 15.5. The summed E-state index contributed by atoms with van der Waals surface area (Å²) in [6, 6.07) is 8.78. The van der Waals surface area contributed by atoms with E-state index in [2.05, 4.69) is 22.5 Å². The molecule has 8 heteroatoms. The van der Waals surface area contributed by atoms with Crippen LogP contribution in [0.15, 0.2) is 47.5 Å². The van der Waals surface area contributed by atoms with Crippen molar-refractivity contribution in [2.24, 2.45) is 0 Å². The van der Waals surface area contributed by atoms with Crippen molar-refractivity contribution in [1.82, 2.24) is 14.9 Å². The molecule has 2 N–H and O–H groups in total. The number of pyridine rings is 2. The Kier molecular flexibility index (Phi) is 7.59. The van der Waals surface area contributed by atoms with Crippen LogP contribution in [0.1, 0.15) is 44.0 Å². The molecule has 1 aromatic carbocycles. The van der Waals surface area contributed by atoms with Crippen LogP contribution in [0.4, 0.5) is 10.6 Å². The molecule has 2 amide bonds. The van der Waals surface area contributed by atoms with Gasteiger partial charge in [0.2, 0.25) is 5.43 Å². The van der Waals surface area contributed by atoms with E-state index in [4.69, 9.17) is 4.74 Å². The number of hydrogen-bond acceptors (Lipinski definition) is 5. The van der Waals surface area contributed by atoms with E-state index >= 15 is 0 Å². The van der Waals surface area contributed by atoms with Gasteiger partial charge in [0, 0.05) is 36.4 Å². The summed E-state index contributed by atoms with van der Waals surface area (Å²) in [5.74, 6) is -0.190. The molecule has 2 aromatic heterocycles. The Labute approximate surface area is 186 Å². The summed E-state index contributed by atoms with van der Waals surface area (Å²) in [6.45, 7) is 7.05. The Balaban J connectivity index is 2.02. The monoisotopic (exact) mass is 436 g/mol. The Morgan fingerprint density at radius 3 is 2.53 bits per heavy atom. The molecule has 0 radical (unpaired) electrons. The number of ether oxygens (including phenoxy) is 1. The van der Waals surface area contributed by atoms with E-state index < -0.39 is 5.97 Å². The maximum absolute atomic E-state index is 13.1. The van der Waals surface area contributed by atoms with E-state index in [-0.39, 0.29) is 23.6 Å². The van der Waals surface area contributed by atoms with Gasteiger partial charge in [0.25, 0.3) is 0 Å². The van der Waals surface area contributed by atoms with Crippen LogP contribution in [0.2, 0.25) is 0 Å². The molecule has 32 heavy (non-hydrogen) atoms. The predicted molar refractivity (Wildman–Crippen MR) is 125 cm³/mol. The van der Waals surface area contributed by atoms with Gasteiger partial charge in [-0.1, -0.05) is 19.4 Å². The van der Waals surface area contributed by atoms with Gasteiger partial charge in [-0.2, -0.15) is 0 Å². The zero-order valence-electron chi connectivity index (χ0n) is 18.6. The summed E-state index contributed by atoms with van der Waals surface area (Å²) in [6.07, 6.45) is 5.14. The number of nitrogens with one attached hydrogen (secondary N) is 2. The zero-order valence-corrected chi connectivity index (χ0v) is 18.6. The molecular weight excluding hydrogens is 408 g/mol. The minimum atomic E-state index is -0.613. The van der Waals surface area contributed by atoms with Crippen molar-refractivity contribution in [2.45, 2.75) is 40.2 Å². The Morgan fingerprint density at radius 1 is 1.09 bits per heavy atom. The van der Waals surface area contributed by atoms with E-state index in [1.165, 1.54) is 0 Å². The molecule has 0 saturated heterocycles. The molecule has 0 unspecified atom stereocenters. The van der Waals surface area contributed by atoms with Gasteiger partial charge in [-0.25, -0.2) is 14.6 Å². The summed E-state index contributed by atoms with van der Waals surface area (Å²) in [5, 5.41) is 5.75. The topological polar surface area (TPSA) is 102 Å². The molecule has 168 valence electrons. The third-order valence-electron chi connectivity index (χ3n) is 5.00. The number of benzene rings is 1. The summed E-state index contributed by atoms with van der Waals surface area (Å²) in [7, 11) is 0. The maximum Gasteiger partial charge on any atom is 0.343 e. The van der Waals surface area contributed by atoms with Crippen molar-refractivity contribution in [1.29, 1.82) is 0 Å². The summed E-state index contributed by atoms with van der Waals surface area (Å²) >= 11 is 0. The van der Waals surface area contributed by atoms with E-state index in [1.807, 2.05) is 29.7 Å². The highest BCUT2D eigenvalue weighted by atomic mass is 16.5. The first kappa shape index (κ1) is 23.0. The summed E-state index contributed by atoms with van der Waals surface area (Å²) < 4.78 is 7.03. The SMILES string of the molecule is CCCCn1cc(C(=O)OCC)c(=O)c2cc(-c3ccc(NC(=O)NCC)nc3)ccc21. The fourth-order valence-corrected chi connectivity index (χ4v) is 3.40. The maximum atomic E-state index is 13.1. The lowest BCUT2D eigenvalue weighted by molar-refractivity contribution is 0.0524. The number of amides is 2. The van der Waals surface area contributed by atoms with Gasteiger partial charge in [-0.3, -0.25) is 10.1 Å². The van der Waals surface area contributed by atoms with Crippen molar-refractivity contribution in [3.05, 3.63) is 58.5 Å². The molecule has 0 bridgehead atoms. The van der Waals surface area contributed by atoms with Crippen molar-refractivity contribution in [3.8, 4) is 11.1 Å². The number of carbonyl (C=O) groups excluding carboxylic acids is 2. The van der Waals surface area contributed by atoms with Crippen LogP contribution < -0.4 is 16.1 Å². The average molecular weight is 437 g/mol. The van der Waals surface area contributed by atoms with Gasteiger partial charge >= 0.3 is 12.0 Å². The molecule has 3 aromatic rings. The number of aromatic nitrogens is 2. The summed E-state index contributed by atoms with van der Waals surface area (Å²) in [5.41, 5.74) is 2.02. The summed E-state index contributed by atoms with van der Waals surface area (Å²) in [4.78, 5) is 41.4. The second kappa shape index (κ2) is 10.6. The van der Waals surface area contributed by atoms with Crippen molar-refractivity contribution < 1.29 is 14.3 Å². The fraction of sp³-hybridized carbons (Fsp3) is 0.333. The van der Waals surface area contributed by atoms with Crippen LogP contribution >= 0.6 is 0 Å². The molecule has 3 rings (SSSR count).